The first-order chi connectivity index (χ1) is 9.28. The van der Waals surface area contributed by atoms with Crippen molar-refractivity contribution >= 4 is 0 Å². The van der Waals surface area contributed by atoms with Gasteiger partial charge in [-0.05, 0) is 25.3 Å². The van der Waals surface area contributed by atoms with Gasteiger partial charge in [-0.3, -0.25) is 4.90 Å². The Morgan fingerprint density at radius 3 is 2.16 bits per heavy atom. The van der Waals surface area contributed by atoms with Crippen LogP contribution in [0.5, 0.6) is 0 Å². The van der Waals surface area contributed by atoms with Gasteiger partial charge in [-0.15, -0.1) is 0 Å². The maximum absolute atomic E-state index is 4.77. The molecule has 1 aromatic heterocycles. The molecule has 19 heavy (non-hydrogen) atoms. The summed E-state index contributed by atoms with van der Waals surface area (Å²) in [4.78, 5) is 12.1. The van der Waals surface area contributed by atoms with Gasteiger partial charge in [0.15, 0.2) is 0 Å². The zero-order chi connectivity index (χ0) is 13.7. The summed E-state index contributed by atoms with van der Waals surface area (Å²) in [6.07, 6.45) is 3.05. The van der Waals surface area contributed by atoms with Crippen LogP contribution in [0.3, 0.4) is 0 Å². The summed E-state index contributed by atoms with van der Waals surface area (Å²) in [5.74, 6) is 1.03. The summed E-state index contributed by atoms with van der Waals surface area (Å²) in [7, 11) is 0. The molecule has 1 atom stereocenters. The van der Waals surface area contributed by atoms with E-state index in [1.807, 2.05) is 0 Å². The minimum Gasteiger partial charge on any atom is -0.314 e. The van der Waals surface area contributed by atoms with Crippen LogP contribution in [0.25, 0.3) is 0 Å². The smallest absolute Gasteiger partial charge is 0.145 e. The van der Waals surface area contributed by atoms with Gasteiger partial charge in [-0.25, -0.2) is 9.97 Å². The van der Waals surface area contributed by atoms with Crippen molar-refractivity contribution in [3.8, 4) is 0 Å². The first-order valence-corrected chi connectivity index (χ1v) is 7.59. The van der Waals surface area contributed by atoms with E-state index < -0.39 is 0 Å². The van der Waals surface area contributed by atoms with Crippen LogP contribution in [-0.4, -0.2) is 41.0 Å². The van der Waals surface area contributed by atoms with Crippen molar-refractivity contribution in [1.82, 2.24) is 20.2 Å². The Balaban J connectivity index is 2.25. The highest BCUT2D eigenvalue weighted by Crippen LogP contribution is 2.22. The van der Waals surface area contributed by atoms with Gasteiger partial charge in [0.05, 0.1) is 6.04 Å². The highest BCUT2D eigenvalue weighted by molar-refractivity contribution is 5.13. The topological polar surface area (TPSA) is 41.1 Å². The number of hydrogen-bond donors (Lipinski definition) is 1. The predicted molar refractivity (Wildman–Crippen MR) is 78.3 cm³/mol. The predicted octanol–water partition coefficient (Wildman–Crippen LogP) is 1.96. The van der Waals surface area contributed by atoms with E-state index in [-0.39, 0.29) is 0 Å². The molecule has 1 fully saturated rings. The summed E-state index contributed by atoms with van der Waals surface area (Å²) in [5, 5.41) is 3.41. The van der Waals surface area contributed by atoms with E-state index in [9.17, 15) is 0 Å². The van der Waals surface area contributed by atoms with Crippen LogP contribution < -0.4 is 5.32 Å². The van der Waals surface area contributed by atoms with Crippen LogP contribution >= 0.6 is 0 Å². The number of aryl methyl sites for hydroxylation is 2. The van der Waals surface area contributed by atoms with Crippen LogP contribution in [0.4, 0.5) is 0 Å². The SMILES string of the molecule is CCc1cc(CC)nc(C(CC)N2CCNCC2)n1. The quantitative estimate of drug-likeness (QED) is 0.880. The van der Waals surface area contributed by atoms with Crippen molar-refractivity contribution in [1.29, 1.82) is 0 Å². The van der Waals surface area contributed by atoms with Crippen molar-refractivity contribution in [3.05, 3.63) is 23.3 Å². The van der Waals surface area contributed by atoms with Gasteiger partial charge in [0, 0.05) is 37.6 Å². The molecule has 0 amide bonds. The Hall–Kier alpha value is -1.00. The Labute approximate surface area is 116 Å². The molecule has 1 aliphatic heterocycles. The lowest BCUT2D eigenvalue weighted by Gasteiger charge is -2.33. The molecule has 4 nitrogen and oxygen atoms in total. The summed E-state index contributed by atoms with van der Waals surface area (Å²) >= 11 is 0. The zero-order valence-corrected chi connectivity index (χ0v) is 12.4. The lowest BCUT2D eigenvalue weighted by molar-refractivity contribution is 0.162. The largest absolute Gasteiger partial charge is 0.314 e. The molecule has 2 rings (SSSR count). The molecule has 106 valence electrons. The molecular formula is C15H26N4. The number of aromatic nitrogens is 2. The molecule has 0 bridgehead atoms. The molecule has 1 unspecified atom stereocenters. The molecule has 0 radical (unpaired) electrons. The molecule has 0 aliphatic carbocycles. The third-order valence-corrected chi connectivity index (χ3v) is 3.85. The van der Waals surface area contributed by atoms with E-state index in [2.05, 4.69) is 37.1 Å². The lowest BCUT2D eigenvalue weighted by atomic mass is 10.1. The van der Waals surface area contributed by atoms with Gasteiger partial charge in [-0.2, -0.15) is 0 Å². The third kappa shape index (κ3) is 3.51. The van der Waals surface area contributed by atoms with Crippen molar-refractivity contribution in [2.75, 3.05) is 26.2 Å². The second-order valence-corrected chi connectivity index (χ2v) is 5.13. The Kier molecular flexibility index (Phi) is 5.28. The fourth-order valence-corrected chi connectivity index (χ4v) is 2.69. The van der Waals surface area contributed by atoms with Crippen molar-refractivity contribution < 1.29 is 0 Å². The fourth-order valence-electron chi connectivity index (χ4n) is 2.69. The van der Waals surface area contributed by atoms with E-state index in [1.54, 1.807) is 0 Å². The van der Waals surface area contributed by atoms with Crippen molar-refractivity contribution in [2.24, 2.45) is 0 Å². The minimum atomic E-state index is 0.374. The highest BCUT2D eigenvalue weighted by atomic mass is 15.2. The van der Waals surface area contributed by atoms with Crippen LogP contribution in [0.1, 0.15) is 50.4 Å². The van der Waals surface area contributed by atoms with E-state index in [0.29, 0.717) is 6.04 Å². The normalized spacial score (nSPS) is 18.5. The Bertz CT molecular complexity index is 377. The maximum atomic E-state index is 4.77. The zero-order valence-electron chi connectivity index (χ0n) is 12.4. The van der Waals surface area contributed by atoms with Gasteiger partial charge in [0.25, 0.3) is 0 Å². The molecule has 1 aromatic rings. The van der Waals surface area contributed by atoms with Crippen LogP contribution in [0, 0.1) is 0 Å². The van der Waals surface area contributed by atoms with Gasteiger partial charge in [0.2, 0.25) is 0 Å². The summed E-state index contributed by atoms with van der Waals surface area (Å²) < 4.78 is 0. The standard InChI is InChI=1S/C15H26N4/c1-4-12-11-13(5-2)18-15(17-12)14(6-3)19-9-7-16-8-10-19/h11,14,16H,4-10H2,1-3H3. The average Bonchev–Trinajstić information content (AvgIpc) is 2.48. The van der Waals surface area contributed by atoms with Gasteiger partial charge < -0.3 is 5.32 Å². The summed E-state index contributed by atoms with van der Waals surface area (Å²) in [6.45, 7) is 10.9. The molecule has 1 N–H and O–H groups in total. The molecule has 0 spiro atoms. The van der Waals surface area contributed by atoms with E-state index >= 15 is 0 Å². The number of hydrogen-bond acceptors (Lipinski definition) is 4. The molecule has 0 saturated carbocycles. The van der Waals surface area contributed by atoms with Crippen LogP contribution in [0.15, 0.2) is 6.07 Å². The monoisotopic (exact) mass is 262 g/mol. The highest BCUT2D eigenvalue weighted by Gasteiger charge is 2.23. The fraction of sp³-hybridized carbons (Fsp3) is 0.733. The van der Waals surface area contributed by atoms with Crippen LogP contribution in [0.2, 0.25) is 0 Å². The molecule has 1 aliphatic rings. The summed E-state index contributed by atoms with van der Waals surface area (Å²) in [6, 6.07) is 2.52. The molecule has 2 heterocycles. The number of nitrogens with one attached hydrogen (secondary N) is 1. The second kappa shape index (κ2) is 6.96. The number of nitrogens with zero attached hydrogens (tertiary/aromatic N) is 3. The Morgan fingerprint density at radius 1 is 1.11 bits per heavy atom. The van der Waals surface area contributed by atoms with Gasteiger partial charge in [-0.1, -0.05) is 20.8 Å². The first-order valence-electron chi connectivity index (χ1n) is 7.59. The van der Waals surface area contributed by atoms with E-state index in [1.165, 1.54) is 11.4 Å². The minimum absolute atomic E-state index is 0.374. The van der Waals surface area contributed by atoms with E-state index in [0.717, 1.165) is 51.3 Å². The molecule has 0 aromatic carbocycles. The molecule has 1 saturated heterocycles. The summed E-state index contributed by atoms with van der Waals surface area (Å²) in [5.41, 5.74) is 2.35. The average molecular weight is 262 g/mol. The lowest BCUT2D eigenvalue weighted by Crippen LogP contribution is -2.45. The molecule has 4 heteroatoms. The van der Waals surface area contributed by atoms with E-state index in [4.69, 9.17) is 9.97 Å². The third-order valence-electron chi connectivity index (χ3n) is 3.85. The Morgan fingerprint density at radius 2 is 1.68 bits per heavy atom. The molecular weight excluding hydrogens is 236 g/mol. The second-order valence-electron chi connectivity index (χ2n) is 5.13. The maximum Gasteiger partial charge on any atom is 0.145 e. The van der Waals surface area contributed by atoms with Gasteiger partial charge in [0.1, 0.15) is 5.82 Å². The first kappa shape index (κ1) is 14.4. The van der Waals surface area contributed by atoms with Crippen molar-refractivity contribution in [3.63, 3.8) is 0 Å². The number of piperazine rings is 1. The number of rotatable bonds is 5. The van der Waals surface area contributed by atoms with Crippen LogP contribution in [-0.2, 0) is 12.8 Å². The van der Waals surface area contributed by atoms with Crippen molar-refractivity contribution in [2.45, 2.75) is 46.1 Å². The van der Waals surface area contributed by atoms with Gasteiger partial charge >= 0.3 is 0 Å².